The zero-order chi connectivity index (χ0) is 90.0. The number of nitrogen functional groups attached to an aromatic ring is 1. The number of ether oxygens (including phenoxy) is 5. The largest absolute Gasteiger partial charge is 0.496 e. The van der Waals surface area contributed by atoms with E-state index in [1.165, 1.54) is 71.1 Å². The number of alkyl halides is 3. The number of methoxy groups -OCH3 is 1. The van der Waals surface area contributed by atoms with Gasteiger partial charge in [0.05, 0.1) is 90.8 Å². The normalized spacial score (nSPS) is 22.0. The fraction of sp³-hybridized carbons (Fsp3) is 0.466. The van der Waals surface area contributed by atoms with Gasteiger partial charge < -0.3 is 88.1 Å². The zero-order valence-corrected chi connectivity index (χ0v) is 75.2. The van der Waals surface area contributed by atoms with Crippen LogP contribution in [0.15, 0.2) is 126 Å². The number of carbonyl (C=O) groups is 6. The second kappa shape index (κ2) is 45.9. The quantitative estimate of drug-likeness (QED) is 0.00530. The third-order valence-electron chi connectivity index (χ3n) is 23.3. The number of imidazole rings is 2. The number of non-ortho nitro benzene ring substituents is 2. The molecule has 2 aromatic heterocycles. The number of carbonyl (C=O) groups excluding carboxylic acids is 5. The molecular formula is C88H113BrF3FeN16O17-. The molecule has 0 spiro atoms. The molecule has 6 aromatic carbocycles. The number of nitro benzene ring substituents is 2. The van der Waals surface area contributed by atoms with E-state index in [0.29, 0.717) is 43.5 Å². The average molecular weight is 1860 g/mol. The van der Waals surface area contributed by atoms with Crippen molar-refractivity contribution in [1.82, 2.24) is 44.4 Å². The summed E-state index contributed by atoms with van der Waals surface area (Å²) in [7, 11) is 10.0. The van der Waals surface area contributed by atoms with E-state index in [-0.39, 0.29) is 126 Å². The molecule has 9 aliphatic rings. The number of likely N-dealkylation sites (tertiary alicyclic amines) is 3. The van der Waals surface area contributed by atoms with E-state index in [1.54, 1.807) is 39.4 Å². The molecule has 0 unspecified atom stereocenters. The molecule has 8 aromatic rings. The monoisotopic (exact) mass is 1860 g/mol. The number of nitrogens with zero attached hydrogens (tertiary/aromatic N) is 9. The number of carboxylic acid groups (broad SMARTS) is 1. The summed E-state index contributed by atoms with van der Waals surface area (Å²) in [6.45, 7) is 18.8. The molecule has 0 saturated carbocycles. The second-order valence-electron chi connectivity index (χ2n) is 31.1. The van der Waals surface area contributed by atoms with Crippen molar-refractivity contribution in [2.24, 2.45) is 23.7 Å². The molecule has 33 nitrogen and oxygen atoms in total. The molecule has 17 rings (SSSR count). The molecule has 0 bridgehead atoms. The summed E-state index contributed by atoms with van der Waals surface area (Å²) in [5, 5.41) is 55.3. The van der Waals surface area contributed by atoms with Crippen molar-refractivity contribution in [3.63, 3.8) is 0 Å². The number of aryl methyl sites for hydroxylation is 2. The van der Waals surface area contributed by atoms with Gasteiger partial charge in [0.15, 0.2) is 0 Å². The van der Waals surface area contributed by atoms with Crippen molar-refractivity contribution in [2.45, 2.75) is 141 Å². The van der Waals surface area contributed by atoms with E-state index >= 15 is 0 Å². The van der Waals surface area contributed by atoms with Gasteiger partial charge in [-0.15, -0.1) is 0 Å². The number of esters is 4. The first kappa shape index (κ1) is 100. The topological polar surface area (TPSA) is 421 Å². The van der Waals surface area contributed by atoms with Crippen LogP contribution in [0.5, 0.6) is 5.75 Å². The maximum Gasteiger partial charge on any atom is 0.490 e. The van der Waals surface area contributed by atoms with Gasteiger partial charge in [0.1, 0.15) is 23.9 Å². The third kappa shape index (κ3) is 24.2. The van der Waals surface area contributed by atoms with E-state index in [1.807, 2.05) is 39.4 Å². The number of aliphatic hydroxyl groups is 1. The Kier molecular flexibility index (Phi) is 36.6. The summed E-state index contributed by atoms with van der Waals surface area (Å²) in [4.78, 5) is 106. The molecular weight excluding hydrogens is 1750 g/mol. The average Bonchev–Trinajstić information content (AvgIpc) is 1.56. The number of aromatic nitrogens is 4. The minimum atomic E-state index is -5.08. The predicted molar refractivity (Wildman–Crippen MR) is 472 cm³/mol. The van der Waals surface area contributed by atoms with Gasteiger partial charge in [0.2, 0.25) is 6.29 Å². The molecule has 0 amide bonds. The number of hydrogen-bond donors (Lipinski definition) is 9. The number of halogens is 4. The standard InChI is InChI=1S/C22H26N4O2.C17H23BrN2O2.C16H20N4O2.C15H19N3O4.C6H6N2O2.C5H9N.C4H6O3.C2HF3O2.CH3.Fe/c1-13-7-14(3-4-21(13)28-2)10-26-12-24-18-8-16-17(9-20(18)26)25-19(11-27)15-5-6-23-22(15)16;1-4-10-8-12-14(9-13(10)18)19-15(17(21)22-5-2)11-6-7-20(3)16(11)12;1-3-22-16(21)14-9-4-5-20(2)15(9)10-6-12-13(18-8-17-12)7-11(10)19-14;1-3-22-15(19)13-10-6-7-17(2)14(10)11-8-9(18(20)21)4-5-12(11)16-13;7-5-1-3-6(4-2-5)8(9)10;1-6-4-2-3-5-6;1-2-7-4(6)3-5;3-2(4,5)1(6)7;;/h3-4,7-9,12,15,19,22-23,25,27H,5-6,10-11H2,1-2H3;8-9,11,15-16,19H,4-7H2,1-3H3;6-9,14-15,19H,3-5H2,1-2H3,(H,17,18);4-5,8,10,13-14,16H,3,6-7H2,1-2H3;1-4H,7H2;2,4H,3,5H2,1H3;3H,2H2,1H3;(H,6,7);1H3;/q;;;;;;;;-1;/t15-,19-,22-;11-,15-,16-;9-,14-,15-;10-,13-,14-;;;;;;/m0000....../s1. The van der Waals surface area contributed by atoms with E-state index in [4.69, 9.17) is 34.6 Å². The molecule has 4 saturated heterocycles. The number of aliphatic hydroxyl groups excluding tert-OH is 1. The van der Waals surface area contributed by atoms with Crippen molar-refractivity contribution in [2.75, 3.05) is 128 Å². The van der Waals surface area contributed by atoms with Crippen LogP contribution in [0, 0.1) is 58.3 Å². The molecule has 4 fully saturated rings. The van der Waals surface area contributed by atoms with Crippen molar-refractivity contribution in [3.05, 3.63) is 193 Å². The van der Waals surface area contributed by atoms with Gasteiger partial charge in [-0.2, -0.15) is 13.2 Å². The van der Waals surface area contributed by atoms with Gasteiger partial charge in [-0.05, 0) is 220 Å². The maximum absolute atomic E-state index is 12.4. The third-order valence-corrected chi connectivity index (χ3v) is 24.1. The molecule has 9 aliphatic heterocycles. The Hall–Kier alpha value is -11.0. The molecule has 38 heteroatoms. The molecule has 10 N–H and O–H groups in total. The minimum absolute atomic E-state index is 0. The van der Waals surface area contributed by atoms with E-state index in [9.17, 15) is 62.5 Å². The smallest absolute Gasteiger partial charge is 0.490 e. The number of rotatable bonds is 15. The summed E-state index contributed by atoms with van der Waals surface area (Å²) in [6.07, 6.45) is 9.17. The number of aromatic amines is 1. The van der Waals surface area contributed by atoms with Crippen LogP contribution in [0.25, 0.3) is 22.1 Å². The van der Waals surface area contributed by atoms with Crippen LogP contribution in [0.3, 0.4) is 0 Å². The van der Waals surface area contributed by atoms with Crippen LogP contribution in [0.4, 0.5) is 53.0 Å². The first-order chi connectivity index (χ1) is 59.3. The fourth-order valence-corrected chi connectivity index (χ4v) is 18.1. The number of carboxylic acids is 1. The number of hydrogen-bond acceptors (Lipinski definition) is 28. The number of aliphatic carboxylic acids is 1. The van der Waals surface area contributed by atoms with Gasteiger partial charge in [0.25, 0.3) is 11.4 Å². The Morgan fingerprint density at radius 2 is 1.17 bits per heavy atom. The number of benzene rings is 6. The number of anilines is 5. The van der Waals surface area contributed by atoms with E-state index in [2.05, 4.69) is 176 Å². The molecule has 11 heterocycles. The van der Waals surface area contributed by atoms with Gasteiger partial charge in [-0.3, -0.25) is 39.7 Å². The number of nitrogens with two attached hydrogens (primary N) is 1. The molecule has 12 atom stereocenters. The Labute approximate surface area is 748 Å². The SMILES string of the molecule is CCOC(=O)C=O.CCOC(=O)[C@H]1Nc2cc(Br)c(CC)cc2[C@@H]2[C@H]1CCN2C.CCOC(=O)[C@H]1Nc2cc3nc[nH]c3cc2[C@@H]2[C@H]1CCN2C.CCOC(=O)[C@H]1Nc2ccc([N+](=O)[O-])cc2[C@@H]2[C@H]1CCN2C.CN1C=CCC1.COc1ccc(Cn2cnc3cc4c(cc32)N[C@@H](CO)[C@@H]2CCN[C@H]42)cc1C.Nc1ccc([N+](=O)[O-])cc1.O=C(O)C(F)(F)F.[CH3-].[Fe]. The first-order valence-corrected chi connectivity index (χ1v) is 42.1. The van der Waals surface area contributed by atoms with Crippen LogP contribution in [0.2, 0.25) is 0 Å². The number of fused-ring (bicyclic) bond motifs is 14. The number of H-pyrrole nitrogens is 1. The van der Waals surface area contributed by atoms with E-state index < -0.39 is 29.1 Å². The summed E-state index contributed by atoms with van der Waals surface area (Å²) in [5.74, 6) is -2.16. The van der Waals surface area contributed by atoms with Gasteiger partial charge in [-0.1, -0.05) is 47.1 Å². The van der Waals surface area contributed by atoms with Gasteiger partial charge >= 0.3 is 36.0 Å². The summed E-state index contributed by atoms with van der Waals surface area (Å²) in [5.41, 5.74) is 22.3. The molecule has 0 aliphatic carbocycles. The summed E-state index contributed by atoms with van der Waals surface area (Å²) in [6, 6.07) is 29.8. The molecule has 684 valence electrons. The van der Waals surface area contributed by atoms with Crippen molar-refractivity contribution < 1.29 is 103 Å². The Morgan fingerprint density at radius 3 is 1.63 bits per heavy atom. The number of nitro groups is 2. The van der Waals surface area contributed by atoms with Crippen LogP contribution in [0.1, 0.15) is 130 Å². The van der Waals surface area contributed by atoms with Gasteiger partial charge in [0, 0.05) is 142 Å². The molecule has 126 heavy (non-hydrogen) atoms. The maximum atomic E-state index is 12.4. The number of aldehydes is 1. The van der Waals surface area contributed by atoms with Crippen LogP contribution >= 0.6 is 15.9 Å². The summed E-state index contributed by atoms with van der Waals surface area (Å²) >= 11 is 3.64. The zero-order valence-electron chi connectivity index (χ0n) is 72.6. The van der Waals surface area contributed by atoms with E-state index in [0.717, 1.165) is 131 Å². The van der Waals surface area contributed by atoms with Gasteiger partial charge in [-0.25, -0.2) is 33.9 Å². The van der Waals surface area contributed by atoms with Crippen LogP contribution in [-0.4, -0.2) is 227 Å². The van der Waals surface area contributed by atoms with Crippen molar-refractivity contribution in [1.29, 1.82) is 0 Å². The molecule has 0 radical (unpaired) electrons. The second-order valence-corrected chi connectivity index (χ2v) is 32.0. The van der Waals surface area contributed by atoms with Crippen LogP contribution in [-0.2, 0) is 77.7 Å². The van der Waals surface area contributed by atoms with Crippen molar-refractivity contribution in [3.8, 4) is 5.75 Å². The Morgan fingerprint density at radius 1 is 0.643 bits per heavy atom. The Balaban J connectivity index is 0.000000187. The predicted octanol–water partition coefficient (Wildman–Crippen LogP) is 12.9. The first-order valence-electron chi connectivity index (χ1n) is 41.3. The number of nitrogens with one attached hydrogen (secondary N) is 6. The van der Waals surface area contributed by atoms with Crippen LogP contribution < -0.4 is 37.1 Å². The Bertz CT molecular complexity index is 5120. The summed E-state index contributed by atoms with van der Waals surface area (Å²) < 4.78 is 60.3. The fourth-order valence-electron chi connectivity index (χ4n) is 17.5. The minimum Gasteiger partial charge on any atom is -0.496 e. The van der Waals surface area contributed by atoms with Crippen molar-refractivity contribution >= 4 is 114 Å².